The molecule has 1 aliphatic heterocycles. The predicted octanol–water partition coefficient (Wildman–Crippen LogP) is 6.15. The first-order chi connectivity index (χ1) is 12.2. The van der Waals surface area contributed by atoms with Crippen molar-refractivity contribution in [2.24, 2.45) is 22.1 Å². The van der Waals surface area contributed by atoms with E-state index in [4.69, 9.17) is 11.6 Å². The van der Waals surface area contributed by atoms with Crippen LogP contribution in [0.4, 0.5) is 13.2 Å². The van der Waals surface area contributed by atoms with Gasteiger partial charge in [0, 0.05) is 12.1 Å². The number of hydrogen-bond donors (Lipinski definition) is 0. The lowest BCUT2D eigenvalue weighted by Gasteiger charge is -2.26. The van der Waals surface area contributed by atoms with E-state index in [-0.39, 0.29) is 29.7 Å². The van der Waals surface area contributed by atoms with Crippen LogP contribution < -0.4 is 4.74 Å². The molecule has 1 aromatic heterocycles. The van der Waals surface area contributed by atoms with E-state index in [1.165, 1.54) is 12.1 Å². The Morgan fingerprint density at radius 3 is 2.04 bits per heavy atom. The monoisotopic (exact) mass is 383 g/mol. The van der Waals surface area contributed by atoms with Crippen LogP contribution in [0.25, 0.3) is 0 Å². The molecular weight excluding hydrogens is 367 g/mol. The summed E-state index contributed by atoms with van der Waals surface area (Å²) >= 11 is 5.85. The molecule has 2 heterocycles. The van der Waals surface area contributed by atoms with Crippen molar-refractivity contribution >= 4 is 11.6 Å². The zero-order valence-electron chi connectivity index (χ0n) is 14.1. The van der Waals surface area contributed by atoms with Gasteiger partial charge in [-0.3, -0.25) is 0 Å². The number of azo groups is 1. The highest BCUT2D eigenvalue weighted by atomic mass is 35.5. The molecule has 138 valence electrons. The SMILES string of the molecule is CC(C)C1C(c2ccc(OC(F)(F)F)cc2)N=NC1c1ccc(Cl)nc1. The maximum absolute atomic E-state index is 12.3. The van der Waals surface area contributed by atoms with Crippen molar-refractivity contribution in [3.05, 3.63) is 58.9 Å². The Balaban J connectivity index is 1.83. The van der Waals surface area contributed by atoms with Crippen LogP contribution in [0.15, 0.2) is 52.8 Å². The molecule has 0 fully saturated rings. The quantitative estimate of drug-likeness (QED) is 0.594. The van der Waals surface area contributed by atoms with Crippen molar-refractivity contribution < 1.29 is 17.9 Å². The molecule has 0 N–H and O–H groups in total. The van der Waals surface area contributed by atoms with E-state index in [0.717, 1.165) is 11.1 Å². The van der Waals surface area contributed by atoms with Gasteiger partial charge in [-0.2, -0.15) is 10.2 Å². The van der Waals surface area contributed by atoms with E-state index in [2.05, 4.69) is 33.8 Å². The van der Waals surface area contributed by atoms with E-state index in [1.807, 2.05) is 6.07 Å². The van der Waals surface area contributed by atoms with E-state index in [0.29, 0.717) is 5.15 Å². The Morgan fingerprint density at radius 2 is 1.54 bits per heavy atom. The summed E-state index contributed by atoms with van der Waals surface area (Å²) < 4.78 is 40.8. The molecule has 0 spiro atoms. The second-order valence-corrected chi connectivity index (χ2v) is 6.86. The number of rotatable bonds is 4. The van der Waals surface area contributed by atoms with Gasteiger partial charge < -0.3 is 4.74 Å². The van der Waals surface area contributed by atoms with Gasteiger partial charge in [-0.15, -0.1) is 13.2 Å². The van der Waals surface area contributed by atoms with Crippen LogP contribution in [0, 0.1) is 11.8 Å². The van der Waals surface area contributed by atoms with Crippen LogP contribution in [0.2, 0.25) is 5.15 Å². The number of benzene rings is 1. The van der Waals surface area contributed by atoms with E-state index >= 15 is 0 Å². The Labute approximate surface area is 154 Å². The second kappa shape index (κ2) is 7.23. The topological polar surface area (TPSA) is 46.8 Å². The van der Waals surface area contributed by atoms with Crippen molar-refractivity contribution in [3.8, 4) is 5.75 Å². The van der Waals surface area contributed by atoms with Crippen molar-refractivity contribution in [2.75, 3.05) is 0 Å². The summed E-state index contributed by atoms with van der Waals surface area (Å²) in [6.45, 7) is 4.15. The molecule has 26 heavy (non-hydrogen) atoms. The number of alkyl halides is 3. The Kier molecular flexibility index (Phi) is 5.18. The van der Waals surface area contributed by atoms with Crippen LogP contribution in [0.5, 0.6) is 5.75 Å². The van der Waals surface area contributed by atoms with Crippen molar-refractivity contribution in [3.63, 3.8) is 0 Å². The fourth-order valence-electron chi connectivity index (χ4n) is 3.21. The summed E-state index contributed by atoms with van der Waals surface area (Å²) in [4.78, 5) is 4.10. The zero-order valence-corrected chi connectivity index (χ0v) is 14.9. The average Bonchev–Trinajstić information content (AvgIpc) is 3.00. The van der Waals surface area contributed by atoms with Gasteiger partial charge in [-0.05, 0) is 35.2 Å². The molecule has 8 heteroatoms. The Hall–Kier alpha value is -2.15. The minimum Gasteiger partial charge on any atom is -0.406 e. The number of aromatic nitrogens is 1. The Bertz CT molecular complexity index is 776. The fourth-order valence-corrected chi connectivity index (χ4v) is 3.32. The largest absolute Gasteiger partial charge is 0.573 e. The minimum atomic E-state index is -4.71. The van der Waals surface area contributed by atoms with Crippen LogP contribution in [0.1, 0.15) is 37.1 Å². The first-order valence-corrected chi connectivity index (χ1v) is 8.49. The maximum atomic E-state index is 12.3. The van der Waals surface area contributed by atoms with Crippen molar-refractivity contribution in [1.82, 2.24) is 4.98 Å². The molecule has 3 unspecified atom stereocenters. The van der Waals surface area contributed by atoms with E-state index in [9.17, 15) is 13.2 Å². The zero-order chi connectivity index (χ0) is 18.9. The first kappa shape index (κ1) is 18.6. The van der Waals surface area contributed by atoms with E-state index in [1.54, 1.807) is 24.4 Å². The molecule has 0 saturated heterocycles. The molecule has 3 rings (SSSR count). The van der Waals surface area contributed by atoms with Gasteiger partial charge in [0.2, 0.25) is 0 Å². The molecule has 0 bridgehead atoms. The number of ether oxygens (including phenoxy) is 1. The molecule has 2 aromatic rings. The smallest absolute Gasteiger partial charge is 0.406 e. The van der Waals surface area contributed by atoms with Crippen LogP contribution in [0.3, 0.4) is 0 Å². The summed E-state index contributed by atoms with van der Waals surface area (Å²) in [6, 6.07) is 8.97. The van der Waals surface area contributed by atoms with Crippen LogP contribution in [-0.4, -0.2) is 11.3 Å². The molecular formula is C18H17ClF3N3O. The summed E-state index contributed by atoms with van der Waals surface area (Å²) in [5.74, 6) is 0.0601. The molecule has 0 amide bonds. The number of hydrogen-bond acceptors (Lipinski definition) is 4. The van der Waals surface area contributed by atoms with Gasteiger partial charge in [0.1, 0.15) is 23.0 Å². The lowest BCUT2D eigenvalue weighted by atomic mass is 9.79. The van der Waals surface area contributed by atoms with Crippen molar-refractivity contribution in [2.45, 2.75) is 32.3 Å². The third kappa shape index (κ3) is 4.15. The van der Waals surface area contributed by atoms with Crippen LogP contribution in [-0.2, 0) is 0 Å². The fraction of sp³-hybridized carbons (Fsp3) is 0.389. The molecule has 0 saturated carbocycles. The highest BCUT2D eigenvalue weighted by Crippen LogP contribution is 2.47. The first-order valence-electron chi connectivity index (χ1n) is 8.12. The number of pyridine rings is 1. The highest BCUT2D eigenvalue weighted by molar-refractivity contribution is 6.29. The van der Waals surface area contributed by atoms with Gasteiger partial charge in [0.05, 0.1) is 0 Å². The molecule has 4 nitrogen and oxygen atoms in total. The lowest BCUT2D eigenvalue weighted by Crippen LogP contribution is -2.20. The molecule has 3 atom stereocenters. The maximum Gasteiger partial charge on any atom is 0.573 e. The predicted molar refractivity (Wildman–Crippen MR) is 91.0 cm³/mol. The van der Waals surface area contributed by atoms with E-state index < -0.39 is 6.36 Å². The van der Waals surface area contributed by atoms with Gasteiger partial charge in [-0.1, -0.05) is 43.6 Å². The number of halogens is 4. The lowest BCUT2D eigenvalue weighted by molar-refractivity contribution is -0.274. The normalized spacial score (nSPS) is 22.8. The number of nitrogens with zero attached hydrogens (tertiary/aromatic N) is 3. The summed E-state index contributed by atoms with van der Waals surface area (Å²) in [7, 11) is 0. The summed E-state index contributed by atoms with van der Waals surface area (Å²) in [6.07, 6.45) is -3.02. The van der Waals surface area contributed by atoms with Gasteiger partial charge in [0.15, 0.2) is 0 Å². The van der Waals surface area contributed by atoms with Crippen molar-refractivity contribution in [1.29, 1.82) is 0 Å². The second-order valence-electron chi connectivity index (χ2n) is 6.47. The summed E-state index contributed by atoms with van der Waals surface area (Å²) in [5, 5.41) is 9.21. The molecule has 1 aliphatic rings. The van der Waals surface area contributed by atoms with Crippen LogP contribution >= 0.6 is 11.6 Å². The molecule has 0 radical (unpaired) electrons. The van der Waals surface area contributed by atoms with Gasteiger partial charge in [-0.25, -0.2) is 4.98 Å². The van der Waals surface area contributed by atoms with Gasteiger partial charge >= 0.3 is 6.36 Å². The molecule has 0 aliphatic carbocycles. The average molecular weight is 384 g/mol. The third-order valence-corrected chi connectivity index (χ3v) is 4.58. The van der Waals surface area contributed by atoms with Gasteiger partial charge in [0.25, 0.3) is 0 Å². The molecule has 1 aromatic carbocycles. The standard InChI is InChI=1S/C18H17ClF3N3O/c1-10(2)15-16(11-3-6-13(7-4-11)26-18(20,21)22)24-25-17(15)12-5-8-14(19)23-9-12/h3-10,15-17H,1-2H3. The Morgan fingerprint density at radius 1 is 0.962 bits per heavy atom. The third-order valence-electron chi connectivity index (χ3n) is 4.36. The highest BCUT2D eigenvalue weighted by Gasteiger charge is 2.39. The minimum absolute atomic E-state index is 0.0624. The summed E-state index contributed by atoms with van der Waals surface area (Å²) in [5.41, 5.74) is 1.71.